The number of anilines is 1. The number of fused-ring (bicyclic) bond motifs is 1. The summed E-state index contributed by atoms with van der Waals surface area (Å²) >= 11 is 10.0. The zero-order chi connectivity index (χ0) is 57.3. The molecule has 2 amide bonds. The molecule has 14 heteroatoms. The predicted octanol–water partition coefficient (Wildman–Crippen LogP) is 14.3. The van der Waals surface area contributed by atoms with Crippen LogP contribution in [0, 0.1) is 0 Å². The molecule has 8 aromatic carbocycles. The SMILES string of the molecule is O=C(N[C@@H]1C(=O)N2C(C(=O)OC(c3ccccc3)c3ccccc3)=C(SCc3ccncc3)CC[C@H]12)C(=NOC(c1ccccc1)(c1ccccc1)c1ccccc1)c1nc(NC(c2ccccc2)(c2ccccc2)c2ccccc2)sc1Cl. The summed E-state index contributed by atoms with van der Waals surface area (Å²) in [5.74, 6) is -1.40. The van der Waals surface area contributed by atoms with Crippen molar-refractivity contribution in [2.75, 3.05) is 5.32 Å². The van der Waals surface area contributed by atoms with Crippen LogP contribution in [-0.2, 0) is 40.9 Å². The number of hydrogen-bond donors (Lipinski definition) is 2. The number of esters is 1. The van der Waals surface area contributed by atoms with Gasteiger partial charge in [-0.25, -0.2) is 9.78 Å². The average molecular weight is 1160 g/mol. The highest BCUT2D eigenvalue weighted by Crippen LogP contribution is 2.46. The van der Waals surface area contributed by atoms with E-state index in [2.05, 4.69) is 52.0 Å². The lowest BCUT2D eigenvalue weighted by Gasteiger charge is -2.50. The van der Waals surface area contributed by atoms with Crippen molar-refractivity contribution in [1.82, 2.24) is 20.2 Å². The monoisotopic (exact) mass is 1160 g/mol. The fourth-order valence-electron chi connectivity index (χ4n) is 11.2. The highest BCUT2D eigenvalue weighted by molar-refractivity contribution is 8.02. The first-order valence-electron chi connectivity index (χ1n) is 27.6. The first kappa shape index (κ1) is 55.2. The van der Waals surface area contributed by atoms with Crippen molar-refractivity contribution in [2.45, 2.75) is 47.9 Å². The first-order valence-corrected chi connectivity index (χ1v) is 29.7. The van der Waals surface area contributed by atoms with Crippen molar-refractivity contribution >= 4 is 63.3 Å². The Hall–Kier alpha value is -9.40. The number of carbonyl (C=O) groups is 3. The quantitative estimate of drug-likeness (QED) is 0.0251. The zero-order valence-electron chi connectivity index (χ0n) is 45.3. The number of thiazole rings is 1. The standard InChI is InChI=1S/C70H55ClN6O5S2/c71-64-60(74-68(84-64)75-69(51-29-13-3-14-30-51,52-31-15-4-16-32-52)53-33-17-5-18-34-53)61(76-82-70(54-35-19-6-20-36-54,55-37-21-7-22-38-55)56-39-23-8-24-40-56)65(78)73-59-57-41-42-58(83-47-48-43-45-72-46-44-48)62(77(57)66(59)79)67(80)81-63(49-25-9-1-10-26-49)50-27-11-2-12-28-50/h1-40,43-46,57,59,63H,41-42,47H2,(H,73,78)(H,74,75)/t57-,59+/m1/s1. The molecule has 11 nitrogen and oxygen atoms in total. The number of benzene rings is 8. The van der Waals surface area contributed by atoms with E-state index in [4.69, 9.17) is 31.3 Å². The van der Waals surface area contributed by atoms with Crippen LogP contribution in [0.3, 0.4) is 0 Å². The average Bonchev–Trinajstić information content (AvgIpc) is 3.22. The van der Waals surface area contributed by atoms with Gasteiger partial charge < -0.3 is 20.2 Å². The van der Waals surface area contributed by atoms with Crippen molar-refractivity contribution in [3.63, 3.8) is 0 Å². The topological polar surface area (TPSA) is 135 Å². The Morgan fingerprint density at radius 3 is 1.54 bits per heavy atom. The second kappa shape index (κ2) is 25.0. The largest absolute Gasteiger partial charge is 0.448 e. The molecule has 1 saturated heterocycles. The lowest BCUT2D eigenvalue weighted by Crippen LogP contribution is -2.72. The van der Waals surface area contributed by atoms with Crippen LogP contribution in [0.15, 0.2) is 283 Å². The number of pyridine rings is 1. The Kier molecular flexibility index (Phi) is 16.4. The lowest BCUT2D eigenvalue weighted by atomic mass is 9.77. The summed E-state index contributed by atoms with van der Waals surface area (Å²) in [6.07, 6.45) is 3.54. The maximum absolute atomic E-state index is 15.7. The summed E-state index contributed by atoms with van der Waals surface area (Å²) in [5, 5.41) is 12.1. The van der Waals surface area contributed by atoms with Gasteiger partial charge in [-0.2, -0.15) is 0 Å². The van der Waals surface area contributed by atoms with Gasteiger partial charge in [0.25, 0.3) is 11.8 Å². The molecule has 2 aliphatic rings. The molecule has 4 heterocycles. The van der Waals surface area contributed by atoms with Crippen LogP contribution in [0.2, 0.25) is 4.34 Å². The number of ether oxygens (including phenoxy) is 1. The number of nitrogens with one attached hydrogen (secondary N) is 2. The number of thioether (sulfide) groups is 1. The lowest BCUT2D eigenvalue weighted by molar-refractivity contribution is -0.158. The molecular formula is C70H55ClN6O5S2. The number of allylic oxidation sites excluding steroid dienone is 1. The van der Waals surface area contributed by atoms with Gasteiger partial charge in [-0.1, -0.05) is 271 Å². The Morgan fingerprint density at radius 1 is 0.631 bits per heavy atom. The van der Waals surface area contributed by atoms with E-state index in [0.29, 0.717) is 28.6 Å². The molecule has 0 radical (unpaired) electrons. The number of oxime groups is 1. The van der Waals surface area contributed by atoms with E-state index < -0.39 is 47.1 Å². The van der Waals surface area contributed by atoms with Crippen LogP contribution in [0.25, 0.3) is 0 Å². The molecule has 10 aromatic rings. The molecule has 0 aliphatic carbocycles. The van der Waals surface area contributed by atoms with E-state index in [-0.39, 0.29) is 21.4 Å². The van der Waals surface area contributed by atoms with Crippen molar-refractivity contribution in [2.24, 2.45) is 5.16 Å². The number of nitrogens with zero attached hydrogens (tertiary/aromatic N) is 4. The summed E-state index contributed by atoms with van der Waals surface area (Å²) < 4.78 is 6.64. The maximum Gasteiger partial charge on any atom is 0.356 e. The van der Waals surface area contributed by atoms with Gasteiger partial charge in [-0.15, -0.1) is 11.8 Å². The summed E-state index contributed by atoms with van der Waals surface area (Å²) in [7, 11) is 0. The molecule has 2 N–H and O–H groups in total. The summed E-state index contributed by atoms with van der Waals surface area (Å²) in [5.41, 5.74) is 4.97. The second-order valence-electron chi connectivity index (χ2n) is 20.2. The Balaban J connectivity index is 0.945. The normalized spacial score (nSPS) is 15.2. The van der Waals surface area contributed by atoms with Crippen molar-refractivity contribution in [3.05, 3.63) is 338 Å². The molecule has 12 rings (SSSR count). The fraction of sp³-hybridized carbons (Fsp3) is 0.114. The number of β-lactam (4-membered cyclic amide) rings is 1. The molecule has 2 atom stereocenters. The van der Waals surface area contributed by atoms with Gasteiger partial charge in [0.05, 0.1) is 6.04 Å². The van der Waals surface area contributed by atoms with Crippen molar-refractivity contribution < 1.29 is 24.0 Å². The first-order chi connectivity index (χ1) is 41.3. The van der Waals surface area contributed by atoms with Crippen LogP contribution in [-0.4, -0.2) is 50.4 Å². The number of rotatable bonds is 20. The summed E-state index contributed by atoms with van der Waals surface area (Å²) in [6, 6.07) is 80.5. The molecule has 0 spiro atoms. The summed E-state index contributed by atoms with van der Waals surface area (Å²) in [6.45, 7) is 0. The number of amides is 2. The third-order valence-corrected chi connectivity index (χ3v) is 17.6. The minimum Gasteiger partial charge on any atom is -0.448 e. The number of aromatic nitrogens is 2. The molecule has 2 aromatic heterocycles. The number of hydrogen-bond acceptors (Lipinski definition) is 11. The van der Waals surface area contributed by atoms with E-state index in [1.54, 1.807) is 12.4 Å². The zero-order valence-corrected chi connectivity index (χ0v) is 47.7. The predicted molar refractivity (Wildman–Crippen MR) is 332 cm³/mol. The molecular weight excluding hydrogens is 1100 g/mol. The highest BCUT2D eigenvalue weighted by Gasteiger charge is 2.55. The van der Waals surface area contributed by atoms with Crippen LogP contribution < -0.4 is 10.6 Å². The minimum atomic E-state index is -1.42. The Labute approximate surface area is 500 Å². The molecule has 414 valence electrons. The summed E-state index contributed by atoms with van der Waals surface area (Å²) in [4.78, 5) is 64.4. The van der Waals surface area contributed by atoms with Gasteiger partial charge >= 0.3 is 5.97 Å². The molecule has 2 aliphatic heterocycles. The van der Waals surface area contributed by atoms with Gasteiger partial charge in [0.2, 0.25) is 5.60 Å². The van der Waals surface area contributed by atoms with Crippen molar-refractivity contribution in [1.29, 1.82) is 0 Å². The van der Waals surface area contributed by atoms with Crippen LogP contribution in [0.5, 0.6) is 0 Å². The minimum absolute atomic E-state index is 0.0203. The Morgan fingerprint density at radius 2 is 1.07 bits per heavy atom. The smallest absolute Gasteiger partial charge is 0.356 e. The second-order valence-corrected chi connectivity index (χ2v) is 22.9. The van der Waals surface area contributed by atoms with Crippen LogP contribution in [0.4, 0.5) is 5.13 Å². The maximum atomic E-state index is 15.7. The number of carbonyl (C=O) groups excluding carboxylic acids is 3. The van der Waals surface area contributed by atoms with E-state index >= 15 is 14.4 Å². The molecule has 0 bridgehead atoms. The van der Waals surface area contributed by atoms with Gasteiger partial charge in [0.1, 0.15) is 27.3 Å². The molecule has 0 saturated carbocycles. The molecule has 84 heavy (non-hydrogen) atoms. The van der Waals surface area contributed by atoms with Crippen LogP contribution >= 0.6 is 34.7 Å². The van der Waals surface area contributed by atoms with Gasteiger partial charge in [0, 0.05) is 39.7 Å². The third kappa shape index (κ3) is 11.0. The third-order valence-electron chi connectivity index (χ3n) is 15.2. The Bertz CT molecular complexity index is 3710. The molecule has 1 fully saturated rings. The number of halogens is 1. The van der Waals surface area contributed by atoms with E-state index in [0.717, 1.165) is 61.4 Å². The van der Waals surface area contributed by atoms with Crippen LogP contribution in [0.1, 0.15) is 74.7 Å². The highest BCUT2D eigenvalue weighted by atomic mass is 35.5. The van der Waals surface area contributed by atoms with E-state index in [1.807, 2.05) is 218 Å². The fourth-order valence-corrected chi connectivity index (χ4v) is 13.4. The molecule has 0 unspecified atom stereocenters. The van der Waals surface area contributed by atoms with Gasteiger partial charge in [-0.3, -0.25) is 19.5 Å². The van der Waals surface area contributed by atoms with Crippen molar-refractivity contribution in [3.8, 4) is 0 Å². The van der Waals surface area contributed by atoms with E-state index in [1.165, 1.54) is 16.7 Å². The van der Waals surface area contributed by atoms with E-state index in [9.17, 15) is 0 Å². The van der Waals surface area contributed by atoms with Gasteiger partial charge in [0.15, 0.2) is 16.9 Å². The van der Waals surface area contributed by atoms with Gasteiger partial charge in [-0.05, 0) is 58.4 Å².